The Kier molecular flexibility index (Phi) is 5.48. The van der Waals surface area contributed by atoms with E-state index in [1.54, 1.807) is 27.8 Å². The van der Waals surface area contributed by atoms with Crippen molar-refractivity contribution in [2.75, 3.05) is 18.0 Å². The van der Waals surface area contributed by atoms with Crippen molar-refractivity contribution in [1.82, 2.24) is 14.9 Å². The molecular formula is C15H24FN5O4. The van der Waals surface area contributed by atoms with E-state index in [4.69, 9.17) is 4.74 Å². The van der Waals surface area contributed by atoms with Crippen molar-refractivity contribution in [3.05, 3.63) is 16.3 Å². The molecule has 0 aromatic carbocycles. The normalized spacial score (nSPS) is 18.6. The average Bonchev–Trinajstić information content (AvgIpc) is 2.73. The number of ether oxygens (including phenoxy) is 1. The fourth-order valence-corrected chi connectivity index (χ4v) is 2.89. The number of amides is 1. The predicted octanol–water partition coefficient (Wildman–Crippen LogP) is 2.81. The Morgan fingerprint density at radius 3 is 2.72 bits per heavy atom. The van der Waals surface area contributed by atoms with Gasteiger partial charge in [0.25, 0.3) is 0 Å². The highest BCUT2D eigenvalue weighted by atomic mass is 19.2. The number of aromatic nitrogens is 2. The van der Waals surface area contributed by atoms with Crippen LogP contribution >= 0.6 is 0 Å². The number of carbonyl (C=O) groups is 1. The van der Waals surface area contributed by atoms with Gasteiger partial charge in [0, 0.05) is 20.1 Å². The molecule has 9 nitrogen and oxygen atoms in total. The molecule has 10 heteroatoms. The Balaban J connectivity index is 2.07. The van der Waals surface area contributed by atoms with E-state index < -0.39 is 22.7 Å². The number of carbonyl (C=O) groups excluding carboxylic acids is 1. The third-order valence-corrected chi connectivity index (χ3v) is 3.97. The van der Waals surface area contributed by atoms with Gasteiger partial charge in [-0.05, 0) is 40.0 Å². The van der Waals surface area contributed by atoms with Crippen molar-refractivity contribution in [3.8, 4) is 0 Å². The molecule has 1 unspecified atom stereocenters. The van der Waals surface area contributed by atoms with Crippen LogP contribution in [-0.4, -0.2) is 50.7 Å². The van der Waals surface area contributed by atoms with Gasteiger partial charge in [-0.25, -0.2) is 9.48 Å². The first-order valence-corrected chi connectivity index (χ1v) is 8.19. The lowest BCUT2D eigenvalue weighted by atomic mass is 10.1. The summed E-state index contributed by atoms with van der Waals surface area (Å²) in [5.41, 5.74) is -0.849. The maximum atomic E-state index is 14.4. The minimum atomic E-state index is -1.00. The monoisotopic (exact) mass is 357 g/mol. The number of rotatable bonds is 3. The van der Waals surface area contributed by atoms with Crippen LogP contribution in [-0.2, 0) is 11.8 Å². The Morgan fingerprint density at radius 2 is 2.12 bits per heavy atom. The first-order valence-electron chi connectivity index (χ1n) is 8.19. The third kappa shape index (κ3) is 4.58. The van der Waals surface area contributed by atoms with Crippen molar-refractivity contribution in [1.29, 1.82) is 0 Å². The standard InChI is InChI=1S/C15H24FN5O4/c1-15(2,3)25-14(22)20(16)11-6-5-8-19(9-7-11)13-12(21(23)24)10-17-18(13)4/h10-11H,5-9H2,1-4H3. The zero-order valence-corrected chi connectivity index (χ0v) is 14.9. The van der Waals surface area contributed by atoms with Gasteiger partial charge < -0.3 is 9.64 Å². The smallest absolute Gasteiger partial charge is 0.438 e. The largest absolute Gasteiger partial charge is 0.442 e. The Morgan fingerprint density at radius 1 is 1.44 bits per heavy atom. The molecule has 1 amide bonds. The van der Waals surface area contributed by atoms with Crippen LogP contribution in [0.2, 0.25) is 0 Å². The van der Waals surface area contributed by atoms with E-state index in [9.17, 15) is 19.4 Å². The summed E-state index contributed by atoms with van der Waals surface area (Å²) in [6, 6.07) is -0.618. The number of hydrogen-bond acceptors (Lipinski definition) is 6. The lowest BCUT2D eigenvalue weighted by molar-refractivity contribution is -0.384. The fraction of sp³-hybridized carbons (Fsp3) is 0.733. The van der Waals surface area contributed by atoms with Crippen LogP contribution < -0.4 is 4.90 Å². The van der Waals surface area contributed by atoms with Crippen molar-refractivity contribution < 1.29 is 18.9 Å². The first-order chi connectivity index (χ1) is 11.6. The zero-order valence-electron chi connectivity index (χ0n) is 14.9. The Labute approximate surface area is 145 Å². The van der Waals surface area contributed by atoms with Gasteiger partial charge in [0.15, 0.2) is 0 Å². The van der Waals surface area contributed by atoms with Gasteiger partial charge in [-0.15, -0.1) is 5.12 Å². The summed E-state index contributed by atoms with van der Waals surface area (Å²) in [7, 11) is 1.63. The van der Waals surface area contributed by atoms with Crippen LogP contribution in [0.25, 0.3) is 0 Å². The average molecular weight is 357 g/mol. The minimum Gasteiger partial charge on any atom is -0.442 e. The molecule has 1 aliphatic heterocycles. The molecule has 2 heterocycles. The highest BCUT2D eigenvalue weighted by Crippen LogP contribution is 2.30. The molecular weight excluding hydrogens is 333 g/mol. The van der Waals surface area contributed by atoms with Gasteiger partial charge in [0.05, 0.1) is 11.0 Å². The van der Waals surface area contributed by atoms with E-state index in [1.807, 2.05) is 4.90 Å². The molecule has 1 atom stereocenters. The molecule has 0 radical (unpaired) electrons. The van der Waals surface area contributed by atoms with Crippen LogP contribution in [0.3, 0.4) is 0 Å². The SMILES string of the molecule is Cn1ncc([N+](=O)[O-])c1N1CCCC(N(F)C(=O)OC(C)(C)C)CC1. The lowest BCUT2D eigenvalue weighted by Crippen LogP contribution is -2.38. The van der Waals surface area contributed by atoms with E-state index >= 15 is 0 Å². The van der Waals surface area contributed by atoms with Crippen LogP contribution in [0.5, 0.6) is 0 Å². The predicted molar refractivity (Wildman–Crippen MR) is 88.9 cm³/mol. The van der Waals surface area contributed by atoms with Crippen molar-refractivity contribution >= 4 is 17.6 Å². The summed E-state index contributed by atoms with van der Waals surface area (Å²) in [5.74, 6) is 0.397. The Bertz CT molecular complexity index is 642. The third-order valence-electron chi connectivity index (χ3n) is 3.97. The zero-order chi connectivity index (χ0) is 18.8. The second-order valence-electron chi connectivity index (χ2n) is 7.10. The number of hydrogen-bond donors (Lipinski definition) is 0. The van der Waals surface area contributed by atoms with Crippen molar-refractivity contribution in [2.24, 2.45) is 7.05 Å². The summed E-state index contributed by atoms with van der Waals surface area (Å²) in [6.45, 7) is 5.94. The lowest BCUT2D eigenvalue weighted by Gasteiger charge is -2.26. The van der Waals surface area contributed by atoms with Gasteiger partial charge >= 0.3 is 11.8 Å². The van der Waals surface area contributed by atoms with Crippen LogP contribution in [0.1, 0.15) is 40.0 Å². The molecule has 1 saturated heterocycles. The van der Waals surface area contributed by atoms with E-state index in [0.717, 1.165) is 0 Å². The maximum Gasteiger partial charge on any atom is 0.438 e. The second-order valence-corrected chi connectivity index (χ2v) is 7.10. The molecule has 140 valence electrons. The molecule has 0 spiro atoms. The first kappa shape index (κ1) is 18.9. The molecule has 0 N–H and O–H groups in total. The number of aryl methyl sites for hydroxylation is 1. The molecule has 2 rings (SSSR count). The highest BCUT2D eigenvalue weighted by molar-refractivity contribution is 5.67. The van der Waals surface area contributed by atoms with Crippen molar-refractivity contribution in [3.63, 3.8) is 0 Å². The summed E-state index contributed by atoms with van der Waals surface area (Å²) in [6.07, 6.45) is 1.60. The molecule has 25 heavy (non-hydrogen) atoms. The van der Waals surface area contributed by atoms with Gasteiger partial charge in [-0.1, -0.05) is 4.48 Å². The quantitative estimate of drug-likeness (QED) is 0.469. The van der Waals surface area contributed by atoms with E-state index in [1.165, 1.54) is 10.9 Å². The number of nitrogens with zero attached hydrogens (tertiary/aromatic N) is 5. The summed E-state index contributed by atoms with van der Waals surface area (Å²) in [4.78, 5) is 24.4. The maximum absolute atomic E-state index is 14.4. The van der Waals surface area contributed by atoms with Gasteiger partial charge in [0.2, 0.25) is 5.82 Å². The van der Waals surface area contributed by atoms with Crippen LogP contribution in [0.4, 0.5) is 20.8 Å². The van der Waals surface area contributed by atoms with Crippen molar-refractivity contribution in [2.45, 2.75) is 51.7 Å². The molecule has 1 aromatic rings. The number of halogens is 1. The highest BCUT2D eigenvalue weighted by Gasteiger charge is 2.32. The molecule has 1 aromatic heterocycles. The number of anilines is 1. The molecule has 0 bridgehead atoms. The van der Waals surface area contributed by atoms with Gasteiger partial charge in [-0.2, -0.15) is 5.10 Å². The molecule has 1 fully saturated rings. The summed E-state index contributed by atoms with van der Waals surface area (Å²) in [5, 5.41) is 15.2. The van der Waals surface area contributed by atoms with Crippen LogP contribution in [0, 0.1) is 10.1 Å². The Hall–Kier alpha value is -2.39. The van der Waals surface area contributed by atoms with E-state index in [0.29, 0.717) is 38.2 Å². The minimum absolute atomic E-state index is 0.0785. The van der Waals surface area contributed by atoms with E-state index in [2.05, 4.69) is 5.10 Å². The summed E-state index contributed by atoms with van der Waals surface area (Å²) < 4.78 is 20.9. The van der Waals surface area contributed by atoms with Crippen LogP contribution in [0.15, 0.2) is 6.20 Å². The number of nitro groups is 1. The molecule has 0 saturated carbocycles. The van der Waals surface area contributed by atoms with E-state index in [-0.39, 0.29) is 10.8 Å². The summed E-state index contributed by atoms with van der Waals surface area (Å²) >= 11 is 0. The topological polar surface area (TPSA) is 93.7 Å². The van der Waals surface area contributed by atoms with Gasteiger partial charge in [0.1, 0.15) is 11.8 Å². The van der Waals surface area contributed by atoms with Gasteiger partial charge in [-0.3, -0.25) is 10.1 Å². The fourth-order valence-electron chi connectivity index (χ4n) is 2.89. The molecule has 1 aliphatic rings. The second kappa shape index (κ2) is 7.24. The molecule has 0 aliphatic carbocycles.